The molecule has 0 amide bonds. The lowest BCUT2D eigenvalue weighted by molar-refractivity contribution is 0.762. The van der Waals surface area contributed by atoms with Gasteiger partial charge in [-0.05, 0) is 19.1 Å². The third-order valence-electron chi connectivity index (χ3n) is 2.61. The van der Waals surface area contributed by atoms with Gasteiger partial charge in [-0.1, -0.05) is 13.8 Å². The van der Waals surface area contributed by atoms with Crippen molar-refractivity contribution in [1.29, 1.82) is 0 Å². The minimum atomic E-state index is 0.426. The van der Waals surface area contributed by atoms with Gasteiger partial charge in [0.05, 0.1) is 0 Å². The first kappa shape index (κ1) is 15.0. The van der Waals surface area contributed by atoms with Crippen molar-refractivity contribution in [3.63, 3.8) is 0 Å². The van der Waals surface area contributed by atoms with Gasteiger partial charge in [0, 0.05) is 24.3 Å². The second-order valence-electron chi connectivity index (χ2n) is 4.15. The van der Waals surface area contributed by atoms with E-state index in [-0.39, 0.29) is 0 Å². The molecular formula is C12H23N5S. The Bertz CT molecular complexity index is 358. The molecule has 0 aliphatic rings. The minimum Gasteiger partial charge on any atom is -0.366 e. The first-order chi connectivity index (χ1) is 8.73. The van der Waals surface area contributed by atoms with Crippen molar-refractivity contribution in [2.75, 3.05) is 22.8 Å². The van der Waals surface area contributed by atoms with Crippen molar-refractivity contribution in [2.45, 2.75) is 39.2 Å². The fourth-order valence-electron chi connectivity index (χ4n) is 1.65. The number of hydrogen-bond acceptors (Lipinski definition) is 6. The Morgan fingerprint density at radius 3 is 2.61 bits per heavy atom. The smallest absolute Gasteiger partial charge is 0.145 e. The maximum absolute atomic E-state index is 5.43. The number of nitrogens with two attached hydrogens (primary N) is 1. The van der Waals surface area contributed by atoms with Gasteiger partial charge in [-0.3, -0.25) is 0 Å². The molecule has 0 bridgehead atoms. The molecule has 1 aromatic rings. The van der Waals surface area contributed by atoms with Crippen LogP contribution in [-0.4, -0.2) is 28.0 Å². The molecule has 5 nitrogen and oxygen atoms in total. The van der Waals surface area contributed by atoms with Crippen LogP contribution in [0, 0.1) is 0 Å². The van der Waals surface area contributed by atoms with Crippen LogP contribution < -0.4 is 16.6 Å². The number of hydrazine groups is 1. The molecule has 0 aromatic carbocycles. The number of nitrogens with zero attached hydrogens (tertiary/aromatic N) is 2. The Morgan fingerprint density at radius 2 is 2.06 bits per heavy atom. The first-order valence-electron chi connectivity index (χ1n) is 6.33. The summed E-state index contributed by atoms with van der Waals surface area (Å²) in [6.45, 7) is 4.28. The van der Waals surface area contributed by atoms with E-state index in [1.54, 1.807) is 0 Å². The monoisotopic (exact) mass is 269 g/mol. The van der Waals surface area contributed by atoms with E-state index >= 15 is 0 Å². The average Bonchev–Trinajstić information content (AvgIpc) is 2.38. The summed E-state index contributed by atoms with van der Waals surface area (Å²) in [5.41, 5.74) is 2.59. The Balaban J connectivity index is 2.82. The summed E-state index contributed by atoms with van der Waals surface area (Å²) in [6.07, 6.45) is 5.07. The number of rotatable bonds is 8. The van der Waals surface area contributed by atoms with Gasteiger partial charge in [-0.25, -0.2) is 15.8 Å². The first-order valence-corrected chi connectivity index (χ1v) is 7.72. The van der Waals surface area contributed by atoms with Crippen molar-refractivity contribution in [1.82, 2.24) is 9.97 Å². The molecule has 0 fully saturated rings. The molecular weight excluding hydrogens is 246 g/mol. The van der Waals surface area contributed by atoms with Crippen LogP contribution in [0.1, 0.15) is 32.5 Å². The van der Waals surface area contributed by atoms with Crippen LogP contribution in [-0.2, 0) is 6.42 Å². The molecule has 0 aliphatic carbocycles. The SMILES string of the molecule is CCCc1nc(NN)cc(NC(CC)CSC)n1. The zero-order valence-corrected chi connectivity index (χ0v) is 12.2. The van der Waals surface area contributed by atoms with Crippen LogP contribution in [0.4, 0.5) is 11.6 Å². The normalized spacial score (nSPS) is 12.2. The van der Waals surface area contributed by atoms with Crippen LogP contribution >= 0.6 is 11.8 Å². The number of aryl methyl sites for hydroxylation is 1. The van der Waals surface area contributed by atoms with Gasteiger partial charge in [0.2, 0.25) is 0 Å². The molecule has 0 aliphatic heterocycles. The predicted octanol–water partition coefficient (Wildman–Crippen LogP) is 2.27. The third kappa shape index (κ3) is 4.70. The summed E-state index contributed by atoms with van der Waals surface area (Å²) in [7, 11) is 0. The molecule has 6 heteroatoms. The summed E-state index contributed by atoms with van der Waals surface area (Å²) < 4.78 is 0. The van der Waals surface area contributed by atoms with E-state index in [0.29, 0.717) is 11.9 Å². The molecule has 0 spiro atoms. The van der Waals surface area contributed by atoms with E-state index in [4.69, 9.17) is 5.84 Å². The Labute approximate surface area is 113 Å². The molecule has 0 saturated heterocycles. The molecule has 4 N–H and O–H groups in total. The number of thioether (sulfide) groups is 1. The molecule has 1 rings (SSSR count). The summed E-state index contributed by atoms with van der Waals surface area (Å²) in [4.78, 5) is 8.84. The molecule has 18 heavy (non-hydrogen) atoms. The fourth-order valence-corrected chi connectivity index (χ4v) is 2.37. The quantitative estimate of drug-likeness (QED) is 0.496. The number of hydrogen-bond donors (Lipinski definition) is 3. The number of nitrogens with one attached hydrogen (secondary N) is 2. The molecule has 0 saturated carbocycles. The largest absolute Gasteiger partial charge is 0.366 e. The van der Waals surface area contributed by atoms with Crippen LogP contribution in [0.3, 0.4) is 0 Å². The van der Waals surface area contributed by atoms with E-state index in [1.807, 2.05) is 17.8 Å². The third-order valence-corrected chi connectivity index (χ3v) is 3.34. The summed E-state index contributed by atoms with van der Waals surface area (Å²) >= 11 is 1.83. The second kappa shape index (κ2) is 8.16. The maximum Gasteiger partial charge on any atom is 0.145 e. The topological polar surface area (TPSA) is 75.9 Å². The van der Waals surface area contributed by atoms with E-state index in [9.17, 15) is 0 Å². The Hall–Kier alpha value is -1.01. The lowest BCUT2D eigenvalue weighted by Crippen LogP contribution is -2.22. The summed E-state index contributed by atoms with van der Waals surface area (Å²) in [5.74, 6) is 8.84. The molecule has 102 valence electrons. The zero-order chi connectivity index (χ0) is 13.4. The van der Waals surface area contributed by atoms with E-state index < -0.39 is 0 Å². The highest BCUT2D eigenvalue weighted by atomic mass is 32.2. The Kier molecular flexibility index (Phi) is 6.82. The Morgan fingerprint density at radius 1 is 1.33 bits per heavy atom. The summed E-state index contributed by atoms with van der Waals surface area (Å²) in [6, 6.07) is 2.28. The number of nitrogen functional groups attached to an aromatic ring is 1. The van der Waals surface area contributed by atoms with Crippen molar-refractivity contribution in [3.8, 4) is 0 Å². The molecule has 1 aromatic heterocycles. The van der Waals surface area contributed by atoms with Crippen LogP contribution in [0.2, 0.25) is 0 Å². The van der Waals surface area contributed by atoms with Crippen molar-refractivity contribution in [3.05, 3.63) is 11.9 Å². The highest BCUT2D eigenvalue weighted by Gasteiger charge is 2.08. The van der Waals surface area contributed by atoms with Gasteiger partial charge in [-0.15, -0.1) is 0 Å². The van der Waals surface area contributed by atoms with Crippen molar-refractivity contribution in [2.24, 2.45) is 5.84 Å². The molecule has 0 radical (unpaired) electrons. The van der Waals surface area contributed by atoms with E-state index in [0.717, 1.165) is 36.7 Å². The van der Waals surface area contributed by atoms with Gasteiger partial charge >= 0.3 is 0 Å². The van der Waals surface area contributed by atoms with E-state index in [2.05, 4.69) is 40.8 Å². The van der Waals surface area contributed by atoms with Crippen LogP contribution in [0.15, 0.2) is 6.07 Å². The molecule has 1 heterocycles. The van der Waals surface area contributed by atoms with E-state index in [1.165, 1.54) is 0 Å². The van der Waals surface area contributed by atoms with Crippen molar-refractivity contribution < 1.29 is 0 Å². The van der Waals surface area contributed by atoms with Gasteiger partial charge < -0.3 is 10.7 Å². The minimum absolute atomic E-state index is 0.426. The summed E-state index contributed by atoms with van der Waals surface area (Å²) in [5, 5.41) is 3.44. The van der Waals surface area contributed by atoms with Gasteiger partial charge in [0.25, 0.3) is 0 Å². The lowest BCUT2D eigenvalue weighted by Gasteiger charge is -2.17. The van der Waals surface area contributed by atoms with Crippen LogP contribution in [0.5, 0.6) is 0 Å². The maximum atomic E-state index is 5.43. The standard InChI is InChI=1S/C12H23N5S/c1-4-6-10-15-11(7-12(16-10)17-13)14-9(5-2)8-18-3/h7,9H,4-6,8,13H2,1-3H3,(H2,14,15,16,17). The predicted molar refractivity (Wildman–Crippen MR) is 79.9 cm³/mol. The average molecular weight is 269 g/mol. The number of anilines is 2. The molecule has 1 unspecified atom stereocenters. The fraction of sp³-hybridized carbons (Fsp3) is 0.667. The highest BCUT2D eigenvalue weighted by molar-refractivity contribution is 7.98. The van der Waals surface area contributed by atoms with Gasteiger partial charge in [0.1, 0.15) is 17.5 Å². The van der Waals surface area contributed by atoms with Gasteiger partial charge in [-0.2, -0.15) is 11.8 Å². The van der Waals surface area contributed by atoms with Gasteiger partial charge in [0.15, 0.2) is 0 Å². The van der Waals surface area contributed by atoms with Crippen molar-refractivity contribution >= 4 is 23.4 Å². The highest BCUT2D eigenvalue weighted by Crippen LogP contribution is 2.14. The molecule has 1 atom stereocenters. The lowest BCUT2D eigenvalue weighted by atomic mass is 10.2. The van der Waals surface area contributed by atoms with Crippen LogP contribution in [0.25, 0.3) is 0 Å². The second-order valence-corrected chi connectivity index (χ2v) is 5.06. The zero-order valence-electron chi connectivity index (χ0n) is 11.4. The number of aromatic nitrogens is 2.